The predicted octanol–water partition coefficient (Wildman–Crippen LogP) is 0.523. The molecule has 1 aliphatic rings. The minimum atomic E-state index is -0.390. The molecule has 0 atom stereocenters. The van der Waals surface area contributed by atoms with Gasteiger partial charge in [-0.05, 0) is 38.0 Å². The zero-order chi connectivity index (χ0) is 13.6. The third-order valence-corrected chi connectivity index (χ3v) is 3.99. The Hall–Kier alpha value is -1.10. The second-order valence-corrected chi connectivity index (χ2v) is 5.49. The largest absolute Gasteiger partial charge is 0.370 e. The van der Waals surface area contributed by atoms with Crippen LogP contribution in [-0.2, 0) is 9.59 Å². The van der Waals surface area contributed by atoms with Crippen molar-refractivity contribution >= 4 is 11.8 Å². The van der Waals surface area contributed by atoms with Crippen molar-refractivity contribution in [3.8, 4) is 0 Å². The third kappa shape index (κ3) is 3.98. The van der Waals surface area contributed by atoms with E-state index in [-0.39, 0.29) is 17.2 Å². The van der Waals surface area contributed by atoms with Crippen LogP contribution in [0.5, 0.6) is 0 Å². The van der Waals surface area contributed by atoms with Gasteiger partial charge in [0.1, 0.15) is 0 Å². The molecule has 1 saturated carbocycles. The van der Waals surface area contributed by atoms with E-state index in [2.05, 4.69) is 12.2 Å². The lowest BCUT2D eigenvalue weighted by Gasteiger charge is -2.37. The molecule has 5 N–H and O–H groups in total. The molecule has 18 heavy (non-hydrogen) atoms. The summed E-state index contributed by atoms with van der Waals surface area (Å²) in [6, 6.07) is 0. The quantitative estimate of drug-likeness (QED) is 0.603. The monoisotopic (exact) mass is 255 g/mol. The average molecular weight is 255 g/mol. The Bertz CT molecular complexity index is 297. The molecule has 0 aliphatic heterocycles. The van der Waals surface area contributed by atoms with Crippen molar-refractivity contribution in [2.75, 3.05) is 13.1 Å². The van der Waals surface area contributed by atoms with Gasteiger partial charge in [0.25, 0.3) is 0 Å². The van der Waals surface area contributed by atoms with Gasteiger partial charge >= 0.3 is 0 Å². The summed E-state index contributed by atoms with van der Waals surface area (Å²) in [6.07, 6.45) is 4.77. The number of nitrogens with two attached hydrogens (primary N) is 2. The molecule has 0 heterocycles. The maximum absolute atomic E-state index is 12.2. The maximum Gasteiger partial charge on any atom is 0.227 e. The highest BCUT2D eigenvalue weighted by atomic mass is 16.2. The first-order valence-electron chi connectivity index (χ1n) is 6.77. The van der Waals surface area contributed by atoms with Crippen molar-refractivity contribution in [1.29, 1.82) is 0 Å². The van der Waals surface area contributed by atoms with Gasteiger partial charge in [-0.25, -0.2) is 0 Å². The molecule has 0 saturated heterocycles. The zero-order valence-electron chi connectivity index (χ0n) is 11.2. The first kappa shape index (κ1) is 15.0. The van der Waals surface area contributed by atoms with Crippen LogP contribution >= 0.6 is 0 Å². The molecule has 1 rings (SSSR count). The molecule has 0 unspecified atom stereocenters. The second kappa shape index (κ2) is 6.73. The number of primary amides is 1. The molecule has 5 heteroatoms. The Kier molecular flexibility index (Phi) is 5.59. The molecule has 1 fully saturated rings. The molecule has 0 aromatic heterocycles. The van der Waals surface area contributed by atoms with Crippen LogP contribution in [0.1, 0.15) is 45.4 Å². The highest BCUT2D eigenvalue weighted by Gasteiger charge is 2.39. The van der Waals surface area contributed by atoms with E-state index in [0.717, 1.165) is 25.7 Å². The van der Waals surface area contributed by atoms with Crippen LogP contribution in [-0.4, -0.2) is 24.9 Å². The molecule has 0 spiro atoms. The summed E-state index contributed by atoms with van der Waals surface area (Å²) in [7, 11) is 0. The number of hydrogen-bond acceptors (Lipinski definition) is 3. The predicted molar refractivity (Wildman–Crippen MR) is 70.6 cm³/mol. The summed E-state index contributed by atoms with van der Waals surface area (Å²) < 4.78 is 0. The molecule has 1 aliphatic carbocycles. The van der Waals surface area contributed by atoms with Gasteiger partial charge in [0.2, 0.25) is 11.8 Å². The zero-order valence-corrected chi connectivity index (χ0v) is 11.2. The van der Waals surface area contributed by atoms with Gasteiger partial charge in [-0.2, -0.15) is 0 Å². The lowest BCUT2D eigenvalue weighted by molar-refractivity contribution is -0.133. The number of carbonyl (C=O) groups is 2. The van der Waals surface area contributed by atoms with Gasteiger partial charge in [-0.15, -0.1) is 0 Å². The lowest BCUT2D eigenvalue weighted by Crippen LogP contribution is -2.48. The third-order valence-electron chi connectivity index (χ3n) is 3.99. The molecular weight excluding hydrogens is 230 g/mol. The number of nitrogens with one attached hydrogen (secondary N) is 1. The van der Waals surface area contributed by atoms with Crippen LogP contribution in [0.15, 0.2) is 0 Å². The van der Waals surface area contributed by atoms with Crippen molar-refractivity contribution < 1.29 is 9.59 Å². The first-order valence-corrected chi connectivity index (χ1v) is 6.77. The molecular formula is C13H25N3O2. The maximum atomic E-state index is 12.2. The van der Waals surface area contributed by atoms with E-state index in [0.29, 0.717) is 31.8 Å². The molecule has 0 aromatic rings. The van der Waals surface area contributed by atoms with Gasteiger partial charge < -0.3 is 16.8 Å². The Morgan fingerprint density at radius 1 is 1.33 bits per heavy atom. The van der Waals surface area contributed by atoms with Gasteiger partial charge in [0.05, 0.1) is 5.41 Å². The Morgan fingerprint density at radius 3 is 2.44 bits per heavy atom. The van der Waals surface area contributed by atoms with Gasteiger partial charge in [0, 0.05) is 19.5 Å². The summed E-state index contributed by atoms with van der Waals surface area (Å²) in [4.78, 5) is 22.8. The fourth-order valence-electron chi connectivity index (χ4n) is 2.49. The standard InChI is InChI=1S/C13H25N3O2/c1-10-4-6-13(9-14,7-5-10)12(18)16-8-2-3-11(15)17/h10H,2-9,14H2,1H3,(H2,15,17)(H,16,18). The number of hydrogen-bond donors (Lipinski definition) is 3. The highest BCUT2D eigenvalue weighted by molar-refractivity contribution is 5.83. The van der Waals surface area contributed by atoms with E-state index in [1.165, 1.54) is 0 Å². The van der Waals surface area contributed by atoms with Crippen LogP contribution in [0.3, 0.4) is 0 Å². The van der Waals surface area contributed by atoms with Crippen molar-refractivity contribution in [2.45, 2.75) is 45.4 Å². The SMILES string of the molecule is CC1CCC(CN)(C(=O)NCCCC(N)=O)CC1. The van der Waals surface area contributed by atoms with E-state index >= 15 is 0 Å². The van der Waals surface area contributed by atoms with Crippen LogP contribution in [0.4, 0.5) is 0 Å². The fraction of sp³-hybridized carbons (Fsp3) is 0.846. The van der Waals surface area contributed by atoms with E-state index in [1.807, 2.05) is 0 Å². The molecule has 0 aromatic carbocycles. The summed E-state index contributed by atoms with van der Waals surface area (Å²) in [6.45, 7) is 3.12. The van der Waals surface area contributed by atoms with Gasteiger partial charge in [-0.1, -0.05) is 6.92 Å². The van der Waals surface area contributed by atoms with Crippen LogP contribution in [0.25, 0.3) is 0 Å². The molecule has 5 nitrogen and oxygen atoms in total. The fourth-order valence-corrected chi connectivity index (χ4v) is 2.49. The van der Waals surface area contributed by atoms with E-state index in [4.69, 9.17) is 11.5 Å². The van der Waals surface area contributed by atoms with Gasteiger partial charge in [0.15, 0.2) is 0 Å². The first-order chi connectivity index (χ1) is 8.50. The Labute approximate surface area is 109 Å². The molecule has 0 bridgehead atoms. The van der Waals surface area contributed by atoms with E-state index < -0.39 is 0 Å². The van der Waals surface area contributed by atoms with Crippen LogP contribution < -0.4 is 16.8 Å². The minimum absolute atomic E-state index is 0.0429. The van der Waals surface area contributed by atoms with Crippen molar-refractivity contribution in [2.24, 2.45) is 22.8 Å². The topological polar surface area (TPSA) is 98.2 Å². The van der Waals surface area contributed by atoms with Crippen molar-refractivity contribution in [1.82, 2.24) is 5.32 Å². The number of amides is 2. The number of carbonyl (C=O) groups excluding carboxylic acids is 2. The Balaban J connectivity index is 2.40. The van der Waals surface area contributed by atoms with Gasteiger partial charge in [-0.3, -0.25) is 9.59 Å². The summed E-state index contributed by atoms with van der Waals surface area (Å²) in [5.74, 6) is 0.401. The average Bonchev–Trinajstić information content (AvgIpc) is 2.35. The summed E-state index contributed by atoms with van der Waals surface area (Å²) in [5.41, 5.74) is 10.5. The van der Waals surface area contributed by atoms with Crippen LogP contribution in [0, 0.1) is 11.3 Å². The summed E-state index contributed by atoms with van der Waals surface area (Å²) in [5, 5.41) is 2.89. The van der Waals surface area contributed by atoms with Crippen LogP contribution in [0.2, 0.25) is 0 Å². The second-order valence-electron chi connectivity index (χ2n) is 5.49. The molecule has 2 amide bonds. The smallest absolute Gasteiger partial charge is 0.227 e. The van der Waals surface area contributed by atoms with E-state index in [1.54, 1.807) is 0 Å². The molecule has 104 valence electrons. The van der Waals surface area contributed by atoms with Crippen molar-refractivity contribution in [3.63, 3.8) is 0 Å². The molecule has 0 radical (unpaired) electrons. The highest BCUT2D eigenvalue weighted by Crippen LogP contribution is 2.38. The summed E-state index contributed by atoms with van der Waals surface area (Å²) >= 11 is 0. The lowest BCUT2D eigenvalue weighted by atomic mass is 9.70. The minimum Gasteiger partial charge on any atom is -0.370 e. The Morgan fingerprint density at radius 2 is 1.94 bits per heavy atom. The normalized spacial score (nSPS) is 27.8. The van der Waals surface area contributed by atoms with Crippen molar-refractivity contribution in [3.05, 3.63) is 0 Å². The number of rotatable bonds is 6. The van der Waals surface area contributed by atoms with E-state index in [9.17, 15) is 9.59 Å².